The van der Waals surface area contributed by atoms with E-state index in [4.69, 9.17) is 27.9 Å². The van der Waals surface area contributed by atoms with Crippen LogP contribution in [0, 0.1) is 0 Å². The lowest BCUT2D eigenvalue weighted by molar-refractivity contribution is 0.104. The molecule has 0 aliphatic carbocycles. The Labute approximate surface area is 140 Å². The average molecular weight is 387 g/mol. The maximum absolute atomic E-state index is 12.1. The third kappa shape index (κ3) is 4.06. The van der Waals surface area contributed by atoms with E-state index in [9.17, 15) is 4.79 Å². The maximum atomic E-state index is 12.1. The third-order valence-electron chi connectivity index (χ3n) is 2.66. The molecule has 2 rings (SSSR count). The Morgan fingerprint density at radius 3 is 2.71 bits per heavy atom. The highest BCUT2D eigenvalue weighted by Gasteiger charge is 2.07. The molecule has 108 valence electrons. The van der Waals surface area contributed by atoms with Gasteiger partial charge in [-0.25, -0.2) is 4.98 Å². The van der Waals surface area contributed by atoms with E-state index < -0.39 is 0 Å². The van der Waals surface area contributed by atoms with Crippen molar-refractivity contribution in [3.05, 3.63) is 62.2 Å². The molecule has 0 bridgehead atoms. The second-order valence-corrected chi connectivity index (χ2v) is 5.81. The van der Waals surface area contributed by atoms with Gasteiger partial charge in [-0.1, -0.05) is 23.2 Å². The van der Waals surface area contributed by atoms with E-state index >= 15 is 0 Å². The number of aromatic nitrogens is 1. The Morgan fingerprint density at radius 1 is 1.29 bits per heavy atom. The molecule has 0 aliphatic rings. The summed E-state index contributed by atoms with van der Waals surface area (Å²) in [6.45, 7) is 0. The zero-order chi connectivity index (χ0) is 15.4. The molecule has 0 fully saturated rings. The fourth-order valence-corrected chi connectivity index (χ4v) is 2.29. The van der Waals surface area contributed by atoms with Gasteiger partial charge in [0.1, 0.15) is 0 Å². The number of pyridine rings is 1. The number of hydrogen-bond acceptors (Lipinski definition) is 3. The first-order valence-corrected chi connectivity index (χ1v) is 7.43. The Hall–Kier alpha value is -1.36. The lowest BCUT2D eigenvalue weighted by Crippen LogP contribution is -1.95. The van der Waals surface area contributed by atoms with Crippen molar-refractivity contribution >= 4 is 51.0 Å². The number of methoxy groups -OCH3 is 1. The number of halogens is 3. The number of carbonyl (C=O) groups is 1. The largest absolute Gasteiger partial charge is 0.481 e. The van der Waals surface area contributed by atoms with Crippen molar-refractivity contribution in [1.82, 2.24) is 4.98 Å². The van der Waals surface area contributed by atoms with Crippen molar-refractivity contribution in [2.75, 3.05) is 7.11 Å². The lowest BCUT2D eigenvalue weighted by atomic mass is 10.1. The van der Waals surface area contributed by atoms with E-state index in [-0.39, 0.29) is 5.78 Å². The summed E-state index contributed by atoms with van der Waals surface area (Å²) in [5.41, 5.74) is 1.16. The number of ketones is 1. The van der Waals surface area contributed by atoms with Crippen molar-refractivity contribution < 1.29 is 9.53 Å². The van der Waals surface area contributed by atoms with Crippen molar-refractivity contribution in [2.45, 2.75) is 0 Å². The van der Waals surface area contributed by atoms with Crippen molar-refractivity contribution in [2.24, 2.45) is 0 Å². The number of allylic oxidation sites excluding steroid dienone is 1. The molecule has 0 saturated heterocycles. The molecule has 0 unspecified atom stereocenters. The normalized spacial score (nSPS) is 10.9. The van der Waals surface area contributed by atoms with Gasteiger partial charge in [0.05, 0.1) is 17.2 Å². The van der Waals surface area contributed by atoms with E-state index in [1.54, 1.807) is 24.4 Å². The van der Waals surface area contributed by atoms with E-state index in [0.717, 1.165) is 4.47 Å². The Balaban J connectivity index is 2.26. The van der Waals surface area contributed by atoms with Crippen LogP contribution in [0.2, 0.25) is 10.0 Å². The molecule has 3 nitrogen and oxygen atoms in total. The summed E-state index contributed by atoms with van der Waals surface area (Å²) >= 11 is 15.0. The Bertz CT molecular complexity index is 717. The SMILES string of the molecule is COc1ncc(Br)cc1C=CC(=O)c1ccc(Cl)c(Cl)c1. The summed E-state index contributed by atoms with van der Waals surface area (Å²) in [4.78, 5) is 16.2. The Kier molecular flexibility index (Phi) is 5.39. The van der Waals surface area contributed by atoms with Gasteiger partial charge >= 0.3 is 0 Å². The first kappa shape index (κ1) is 16.0. The number of hydrogen-bond donors (Lipinski definition) is 0. The van der Waals surface area contributed by atoms with Gasteiger partial charge in [-0.2, -0.15) is 0 Å². The molecule has 1 aromatic carbocycles. The monoisotopic (exact) mass is 385 g/mol. The fraction of sp³-hybridized carbons (Fsp3) is 0.0667. The van der Waals surface area contributed by atoms with Crippen LogP contribution < -0.4 is 4.74 Å². The van der Waals surface area contributed by atoms with Crippen LogP contribution in [0.4, 0.5) is 0 Å². The van der Waals surface area contributed by atoms with Crippen LogP contribution in [-0.2, 0) is 0 Å². The number of rotatable bonds is 4. The molecule has 0 radical (unpaired) electrons. The summed E-state index contributed by atoms with van der Waals surface area (Å²) in [5, 5.41) is 0.757. The second kappa shape index (κ2) is 7.07. The van der Waals surface area contributed by atoms with Gasteiger partial charge in [0.2, 0.25) is 5.88 Å². The molecule has 2 aromatic rings. The second-order valence-electron chi connectivity index (χ2n) is 4.08. The highest BCUT2D eigenvalue weighted by atomic mass is 79.9. The van der Waals surface area contributed by atoms with Crippen LogP contribution in [-0.4, -0.2) is 17.9 Å². The standard InChI is InChI=1S/C15H10BrCl2NO2/c1-21-15-10(6-11(16)8-19-15)3-5-14(20)9-2-4-12(17)13(18)7-9/h2-8H,1H3. The molecule has 0 N–H and O–H groups in total. The summed E-state index contributed by atoms with van der Waals surface area (Å²) in [6, 6.07) is 6.56. The van der Waals surface area contributed by atoms with Crippen LogP contribution in [0.1, 0.15) is 15.9 Å². The van der Waals surface area contributed by atoms with E-state index in [1.165, 1.54) is 19.3 Å². The zero-order valence-corrected chi connectivity index (χ0v) is 14.0. The molecule has 1 heterocycles. The number of nitrogens with zero attached hydrogens (tertiary/aromatic N) is 1. The first-order valence-electron chi connectivity index (χ1n) is 5.88. The van der Waals surface area contributed by atoms with Gasteiger partial charge < -0.3 is 4.74 Å². The smallest absolute Gasteiger partial charge is 0.220 e. The van der Waals surface area contributed by atoms with Gasteiger partial charge in [-0.05, 0) is 52.3 Å². The Morgan fingerprint density at radius 2 is 2.05 bits per heavy atom. The number of ether oxygens (including phenoxy) is 1. The summed E-state index contributed by atoms with van der Waals surface area (Å²) in [6.07, 6.45) is 4.70. The minimum Gasteiger partial charge on any atom is -0.481 e. The summed E-state index contributed by atoms with van der Waals surface area (Å²) in [7, 11) is 1.52. The van der Waals surface area contributed by atoms with Crippen LogP contribution in [0.5, 0.6) is 5.88 Å². The van der Waals surface area contributed by atoms with Crippen LogP contribution in [0.3, 0.4) is 0 Å². The average Bonchev–Trinajstić information content (AvgIpc) is 2.47. The molecule has 6 heteroatoms. The minimum atomic E-state index is -0.185. The van der Waals surface area contributed by atoms with Crippen LogP contribution >= 0.6 is 39.1 Å². The number of carbonyl (C=O) groups excluding carboxylic acids is 1. The molecular formula is C15H10BrCl2NO2. The quantitative estimate of drug-likeness (QED) is 0.544. The molecule has 0 spiro atoms. The number of benzene rings is 1. The molecule has 0 amide bonds. The first-order chi connectivity index (χ1) is 10.0. The van der Waals surface area contributed by atoms with Gasteiger partial charge in [-0.3, -0.25) is 4.79 Å². The molecule has 21 heavy (non-hydrogen) atoms. The molecule has 0 saturated carbocycles. The zero-order valence-electron chi connectivity index (χ0n) is 10.9. The van der Waals surface area contributed by atoms with E-state index in [0.29, 0.717) is 27.1 Å². The lowest BCUT2D eigenvalue weighted by Gasteiger charge is -2.03. The van der Waals surface area contributed by atoms with Gasteiger partial charge in [-0.15, -0.1) is 0 Å². The van der Waals surface area contributed by atoms with E-state index in [1.807, 2.05) is 6.07 Å². The highest BCUT2D eigenvalue weighted by molar-refractivity contribution is 9.10. The van der Waals surface area contributed by atoms with Crippen molar-refractivity contribution in [1.29, 1.82) is 0 Å². The van der Waals surface area contributed by atoms with Gasteiger partial charge in [0.15, 0.2) is 5.78 Å². The summed E-state index contributed by atoms with van der Waals surface area (Å²) < 4.78 is 5.94. The highest BCUT2D eigenvalue weighted by Crippen LogP contribution is 2.24. The topological polar surface area (TPSA) is 39.2 Å². The fourth-order valence-electron chi connectivity index (χ4n) is 1.64. The predicted octanol–water partition coefficient (Wildman–Crippen LogP) is 5.06. The molecular weight excluding hydrogens is 377 g/mol. The van der Waals surface area contributed by atoms with Crippen LogP contribution in [0.25, 0.3) is 6.08 Å². The van der Waals surface area contributed by atoms with Crippen molar-refractivity contribution in [3.63, 3.8) is 0 Å². The third-order valence-corrected chi connectivity index (χ3v) is 3.83. The van der Waals surface area contributed by atoms with Crippen LogP contribution in [0.15, 0.2) is 41.0 Å². The summed E-state index contributed by atoms with van der Waals surface area (Å²) in [5.74, 6) is 0.256. The van der Waals surface area contributed by atoms with Crippen molar-refractivity contribution in [3.8, 4) is 5.88 Å². The van der Waals surface area contributed by atoms with Gasteiger partial charge in [0, 0.05) is 21.8 Å². The minimum absolute atomic E-state index is 0.185. The predicted molar refractivity (Wildman–Crippen MR) is 88.3 cm³/mol. The molecule has 1 aromatic heterocycles. The maximum Gasteiger partial charge on any atom is 0.220 e. The van der Waals surface area contributed by atoms with Gasteiger partial charge in [0.25, 0.3) is 0 Å². The van der Waals surface area contributed by atoms with E-state index in [2.05, 4.69) is 20.9 Å². The molecule has 0 atom stereocenters. The molecule has 0 aliphatic heterocycles.